The Hall–Kier alpha value is -2.11. The molecule has 0 bridgehead atoms. The molecule has 1 fully saturated rings. The summed E-state index contributed by atoms with van der Waals surface area (Å²) < 4.78 is 4.23. The minimum atomic E-state index is 0.270. The molecule has 0 aromatic carbocycles. The standard InChI is InChI=1S/C16H21N5O/c22-16(13-3-1-4-13)20-6-2-7-21-12-18-14(15(21)10-20)9-19-8-5-17-11-19/h5,8,11-13H,1-4,6-7,9-10H2. The fourth-order valence-electron chi connectivity index (χ4n) is 3.30. The van der Waals surface area contributed by atoms with Crippen LogP contribution >= 0.6 is 0 Å². The Balaban J connectivity index is 1.56. The lowest BCUT2D eigenvalue weighted by Crippen LogP contribution is -2.38. The molecule has 0 unspecified atom stereocenters. The quantitative estimate of drug-likeness (QED) is 0.866. The summed E-state index contributed by atoms with van der Waals surface area (Å²) in [6.07, 6.45) is 11.8. The molecule has 0 radical (unpaired) electrons. The van der Waals surface area contributed by atoms with Crippen molar-refractivity contribution >= 4 is 5.91 Å². The zero-order valence-corrected chi connectivity index (χ0v) is 12.7. The number of carbonyl (C=O) groups is 1. The maximum absolute atomic E-state index is 12.6. The number of nitrogens with zero attached hydrogens (tertiary/aromatic N) is 5. The first kappa shape index (κ1) is 13.5. The SMILES string of the molecule is O=C(C1CCC1)N1CCCn2cnc(Cn3ccnc3)c2C1. The van der Waals surface area contributed by atoms with Gasteiger partial charge < -0.3 is 14.0 Å². The number of rotatable bonds is 3. The second-order valence-corrected chi connectivity index (χ2v) is 6.31. The summed E-state index contributed by atoms with van der Waals surface area (Å²) >= 11 is 0. The van der Waals surface area contributed by atoms with Gasteiger partial charge in [-0.2, -0.15) is 0 Å². The van der Waals surface area contributed by atoms with E-state index in [0.717, 1.165) is 38.0 Å². The molecule has 1 amide bonds. The van der Waals surface area contributed by atoms with Crippen LogP contribution in [0.3, 0.4) is 0 Å². The van der Waals surface area contributed by atoms with E-state index in [1.54, 1.807) is 12.5 Å². The van der Waals surface area contributed by atoms with E-state index in [9.17, 15) is 4.79 Å². The number of carbonyl (C=O) groups excluding carboxylic acids is 1. The Kier molecular flexibility index (Phi) is 3.44. The minimum absolute atomic E-state index is 0.270. The van der Waals surface area contributed by atoms with Crippen molar-refractivity contribution < 1.29 is 4.79 Å². The molecule has 2 aromatic heterocycles. The van der Waals surface area contributed by atoms with Gasteiger partial charge in [0.05, 0.1) is 37.1 Å². The Bertz CT molecular complexity index is 656. The Labute approximate surface area is 129 Å². The third-order valence-corrected chi connectivity index (χ3v) is 4.86. The van der Waals surface area contributed by atoms with Crippen molar-refractivity contribution in [2.75, 3.05) is 6.54 Å². The first-order chi connectivity index (χ1) is 10.8. The topological polar surface area (TPSA) is 56.0 Å². The van der Waals surface area contributed by atoms with E-state index in [4.69, 9.17) is 0 Å². The molecule has 22 heavy (non-hydrogen) atoms. The molecule has 2 aromatic rings. The van der Waals surface area contributed by atoms with Crippen LogP contribution in [0.1, 0.15) is 37.1 Å². The number of hydrogen-bond acceptors (Lipinski definition) is 3. The number of fused-ring (bicyclic) bond motifs is 1. The van der Waals surface area contributed by atoms with Gasteiger partial charge in [-0.05, 0) is 19.3 Å². The monoisotopic (exact) mass is 299 g/mol. The number of hydrogen-bond donors (Lipinski definition) is 0. The van der Waals surface area contributed by atoms with Gasteiger partial charge in [0.15, 0.2) is 0 Å². The average molecular weight is 299 g/mol. The summed E-state index contributed by atoms with van der Waals surface area (Å²) in [5.41, 5.74) is 2.23. The molecule has 1 aliphatic carbocycles. The molecule has 4 rings (SSSR count). The minimum Gasteiger partial charge on any atom is -0.336 e. The van der Waals surface area contributed by atoms with Crippen molar-refractivity contribution in [3.63, 3.8) is 0 Å². The maximum Gasteiger partial charge on any atom is 0.226 e. The van der Waals surface area contributed by atoms with Gasteiger partial charge >= 0.3 is 0 Å². The third-order valence-electron chi connectivity index (χ3n) is 4.86. The molecule has 1 saturated carbocycles. The van der Waals surface area contributed by atoms with Crippen LogP contribution in [-0.2, 0) is 24.4 Å². The molecule has 3 heterocycles. The van der Waals surface area contributed by atoms with Gasteiger partial charge in [0, 0.05) is 31.4 Å². The largest absolute Gasteiger partial charge is 0.336 e. The van der Waals surface area contributed by atoms with Gasteiger partial charge in [0.2, 0.25) is 5.91 Å². The molecule has 6 nitrogen and oxygen atoms in total. The normalized spacial score (nSPS) is 18.6. The Morgan fingerprint density at radius 3 is 2.86 bits per heavy atom. The van der Waals surface area contributed by atoms with Crippen molar-refractivity contribution in [1.29, 1.82) is 0 Å². The number of aromatic nitrogens is 4. The molecule has 116 valence electrons. The first-order valence-corrected chi connectivity index (χ1v) is 8.08. The van der Waals surface area contributed by atoms with Crippen LogP contribution in [0.5, 0.6) is 0 Å². The van der Waals surface area contributed by atoms with Crippen LogP contribution in [0, 0.1) is 5.92 Å². The van der Waals surface area contributed by atoms with Gasteiger partial charge in [0.1, 0.15) is 0 Å². The summed E-state index contributed by atoms with van der Waals surface area (Å²) in [6.45, 7) is 3.22. The van der Waals surface area contributed by atoms with Crippen molar-refractivity contribution in [3.05, 3.63) is 36.4 Å². The lowest BCUT2D eigenvalue weighted by Gasteiger charge is -2.30. The second-order valence-electron chi connectivity index (χ2n) is 6.31. The smallest absolute Gasteiger partial charge is 0.226 e. The van der Waals surface area contributed by atoms with E-state index in [-0.39, 0.29) is 5.92 Å². The van der Waals surface area contributed by atoms with E-state index in [0.29, 0.717) is 19.0 Å². The zero-order valence-electron chi connectivity index (χ0n) is 12.7. The fraction of sp³-hybridized carbons (Fsp3) is 0.562. The first-order valence-electron chi connectivity index (χ1n) is 8.08. The van der Waals surface area contributed by atoms with Crippen LogP contribution in [0.25, 0.3) is 0 Å². The van der Waals surface area contributed by atoms with Gasteiger partial charge in [-0.1, -0.05) is 6.42 Å². The van der Waals surface area contributed by atoms with Crippen LogP contribution in [-0.4, -0.2) is 36.5 Å². The molecular weight excluding hydrogens is 278 g/mol. The third kappa shape index (κ3) is 2.42. The van der Waals surface area contributed by atoms with Gasteiger partial charge in [-0.25, -0.2) is 9.97 Å². The highest BCUT2D eigenvalue weighted by atomic mass is 16.2. The molecule has 0 spiro atoms. The molecule has 6 heteroatoms. The molecular formula is C16H21N5O. The van der Waals surface area contributed by atoms with Crippen LogP contribution in [0.2, 0.25) is 0 Å². The number of aryl methyl sites for hydroxylation is 1. The van der Waals surface area contributed by atoms with E-state index < -0.39 is 0 Å². The van der Waals surface area contributed by atoms with E-state index in [2.05, 4.69) is 14.5 Å². The van der Waals surface area contributed by atoms with E-state index in [1.165, 1.54) is 12.1 Å². The fourth-order valence-corrected chi connectivity index (χ4v) is 3.30. The van der Waals surface area contributed by atoms with Gasteiger partial charge in [-0.3, -0.25) is 4.79 Å². The Morgan fingerprint density at radius 1 is 1.23 bits per heavy atom. The van der Waals surface area contributed by atoms with Crippen molar-refractivity contribution in [3.8, 4) is 0 Å². The highest BCUT2D eigenvalue weighted by Crippen LogP contribution is 2.29. The molecule has 0 N–H and O–H groups in total. The second kappa shape index (κ2) is 5.59. The van der Waals surface area contributed by atoms with E-state index >= 15 is 0 Å². The Morgan fingerprint density at radius 2 is 2.14 bits per heavy atom. The van der Waals surface area contributed by atoms with Crippen molar-refractivity contribution in [2.24, 2.45) is 5.92 Å². The summed E-state index contributed by atoms with van der Waals surface area (Å²) in [4.78, 5) is 23.3. The van der Waals surface area contributed by atoms with Crippen molar-refractivity contribution in [1.82, 2.24) is 24.0 Å². The summed E-state index contributed by atoms with van der Waals surface area (Å²) in [5, 5.41) is 0. The zero-order chi connectivity index (χ0) is 14.9. The number of amides is 1. The predicted molar refractivity (Wildman–Crippen MR) is 80.9 cm³/mol. The van der Waals surface area contributed by atoms with Gasteiger partial charge in [-0.15, -0.1) is 0 Å². The van der Waals surface area contributed by atoms with Gasteiger partial charge in [0.25, 0.3) is 0 Å². The molecule has 1 aliphatic heterocycles. The highest BCUT2D eigenvalue weighted by Gasteiger charge is 2.31. The lowest BCUT2D eigenvalue weighted by molar-refractivity contribution is -0.138. The van der Waals surface area contributed by atoms with E-state index in [1.807, 2.05) is 22.0 Å². The lowest BCUT2D eigenvalue weighted by atomic mass is 9.84. The molecule has 0 saturated heterocycles. The number of imidazole rings is 2. The van der Waals surface area contributed by atoms with Crippen LogP contribution < -0.4 is 0 Å². The summed E-state index contributed by atoms with van der Waals surface area (Å²) in [7, 11) is 0. The molecule has 2 aliphatic rings. The van der Waals surface area contributed by atoms with Crippen LogP contribution in [0.15, 0.2) is 25.0 Å². The summed E-state index contributed by atoms with van der Waals surface area (Å²) in [6, 6.07) is 0. The average Bonchev–Trinajstić information content (AvgIpc) is 3.03. The van der Waals surface area contributed by atoms with Crippen molar-refractivity contribution in [2.45, 2.75) is 45.3 Å². The summed E-state index contributed by atoms with van der Waals surface area (Å²) in [5.74, 6) is 0.612. The molecule has 0 atom stereocenters. The maximum atomic E-state index is 12.6. The highest BCUT2D eigenvalue weighted by molar-refractivity contribution is 5.79. The van der Waals surface area contributed by atoms with Crippen LogP contribution in [0.4, 0.5) is 0 Å². The predicted octanol–water partition coefficient (Wildman–Crippen LogP) is 1.66.